The summed E-state index contributed by atoms with van der Waals surface area (Å²) in [7, 11) is 0. The molecule has 0 amide bonds. The Hall–Kier alpha value is -2.54. The summed E-state index contributed by atoms with van der Waals surface area (Å²) in [6.45, 7) is 1.81. The van der Waals surface area contributed by atoms with Crippen LogP contribution in [0, 0.1) is 17.0 Å². The Kier molecular flexibility index (Phi) is 3.16. The lowest BCUT2D eigenvalue weighted by molar-refractivity contribution is -0.384. The summed E-state index contributed by atoms with van der Waals surface area (Å²) >= 11 is 0. The fourth-order valence-corrected chi connectivity index (χ4v) is 1.49. The predicted octanol–water partition coefficient (Wildman–Crippen LogP) is 1.65. The number of non-ortho nitro benzene ring substituents is 1. The molecule has 0 fully saturated rings. The van der Waals surface area contributed by atoms with E-state index < -0.39 is 4.92 Å². The first-order valence-corrected chi connectivity index (χ1v) is 5.17. The molecule has 0 aliphatic carbocycles. The number of aromatic nitrogens is 2. The fraction of sp³-hybridized carbons (Fsp3) is 0.0909. The van der Waals surface area contributed by atoms with E-state index in [9.17, 15) is 10.1 Å². The zero-order valence-corrected chi connectivity index (χ0v) is 9.62. The number of hydrazine groups is 1. The van der Waals surface area contributed by atoms with Crippen molar-refractivity contribution in [1.29, 1.82) is 0 Å². The molecule has 1 heterocycles. The van der Waals surface area contributed by atoms with Crippen LogP contribution in [0.5, 0.6) is 0 Å². The normalized spacial score (nSPS) is 10.1. The highest BCUT2D eigenvalue weighted by Gasteiger charge is 2.10. The molecule has 18 heavy (non-hydrogen) atoms. The van der Waals surface area contributed by atoms with E-state index in [4.69, 9.17) is 5.84 Å². The summed E-state index contributed by atoms with van der Waals surface area (Å²) in [4.78, 5) is 18.6. The van der Waals surface area contributed by atoms with E-state index in [1.165, 1.54) is 12.1 Å². The average Bonchev–Trinajstić information content (AvgIpc) is 2.39. The molecule has 0 aliphatic heterocycles. The van der Waals surface area contributed by atoms with Crippen molar-refractivity contribution in [3.63, 3.8) is 0 Å². The Morgan fingerprint density at radius 3 is 2.89 bits per heavy atom. The van der Waals surface area contributed by atoms with E-state index in [1.54, 1.807) is 18.3 Å². The van der Waals surface area contributed by atoms with Crippen molar-refractivity contribution >= 4 is 11.5 Å². The van der Waals surface area contributed by atoms with Crippen LogP contribution in [0.15, 0.2) is 30.5 Å². The van der Waals surface area contributed by atoms with Crippen molar-refractivity contribution in [2.24, 2.45) is 5.84 Å². The van der Waals surface area contributed by atoms with Crippen LogP contribution < -0.4 is 11.3 Å². The van der Waals surface area contributed by atoms with E-state index in [1.807, 2.05) is 6.92 Å². The van der Waals surface area contributed by atoms with Crippen molar-refractivity contribution in [1.82, 2.24) is 9.97 Å². The highest BCUT2D eigenvalue weighted by atomic mass is 16.6. The Labute approximate surface area is 103 Å². The van der Waals surface area contributed by atoms with Crippen molar-refractivity contribution in [3.05, 3.63) is 46.1 Å². The topological polar surface area (TPSA) is 107 Å². The van der Waals surface area contributed by atoms with Gasteiger partial charge in [-0.05, 0) is 6.92 Å². The second kappa shape index (κ2) is 4.76. The highest BCUT2D eigenvalue weighted by Crippen LogP contribution is 2.22. The number of rotatable bonds is 3. The van der Waals surface area contributed by atoms with Gasteiger partial charge in [0.2, 0.25) is 0 Å². The third-order valence-electron chi connectivity index (χ3n) is 2.42. The lowest BCUT2D eigenvalue weighted by Gasteiger charge is -2.05. The standard InChI is InChI=1S/C11H11N5O2/c1-7-6-13-11(14-10(7)15-12)8-3-2-4-9(5-8)16(17)18/h2-6H,12H2,1H3,(H,13,14,15). The van der Waals surface area contributed by atoms with Crippen molar-refractivity contribution < 1.29 is 4.92 Å². The van der Waals surface area contributed by atoms with Crippen molar-refractivity contribution in [3.8, 4) is 11.4 Å². The maximum Gasteiger partial charge on any atom is 0.270 e. The smallest absolute Gasteiger partial charge is 0.270 e. The molecule has 0 atom stereocenters. The summed E-state index contributed by atoms with van der Waals surface area (Å²) < 4.78 is 0. The molecule has 2 aromatic rings. The lowest BCUT2D eigenvalue weighted by atomic mass is 10.2. The summed E-state index contributed by atoms with van der Waals surface area (Å²) in [5, 5.41) is 10.7. The third kappa shape index (κ3) is 2.25. The molecule has 0 saturated heterocycles. The molecule has 0 spiro atoms. The van der Waals surface area contributed by atoms with Gasteiger partial charge in [-0.15, -0.1) is 0 Å². The van der Waals surface area contributed by atoms with Crippen LogP contribution in [0.25, 0.3) is 11.4 Å². The number of nitrogens with one attached hydrogen (secondary N) is 1. The van der Waals surface area contributed by atoms with Gasteiger partial charge in [0.15, 0.2) is 5.82 Å². The molecule has 2 rings (SSSR count). The molecular formula is C11H11N5O2. The maximum atomic E-state index is 10.7. The number of hydrogen-bond donors (Lipinski definition) is 2. The highest BCUT2D eigenvalue weighted by molar-refractivity contribution is 5.61. The Balaban J connectivity index is 2.48. The van der Waals surface area contributed by atoms with Crippen LogP contribution in [0.3, 0.4) is 0 Å². The first-order chi connectivity index (χ1) is 8.61. The molecule has 0 bridgehead atoms. The molecular weight excluding hydrogens is 234 g/mol. The Bertz CT molecular complexity index is 600. The van der Waals surface area contributed by atoms with Gasteiger partial charge in [-0.3, -0.25) is 10.1 Å². The van der Waals surface area contributed by atoms with Crippen molar-refractivity contribution in [2.45, 2.75) is 6.92 Å². The number of nitrogens with zero attached hydrogens (tertiary/aromatic N) is 3. The van der Waals surface area contributed by atoms with Crippen LogP contribution in [-0.4, -0.2) is 14.9 Å². The first-order valence-electron chi connectivity index (χ1n) is 5.17. The zero-order valence-electron chi connectivity index (χ0n) is 9.62. The van der Waals surface area contributed by atoms with Crippen molar-refractivity contribution in [2.75, 3.05) is 5.43 Å². The first kappa shape index (κ1) is 11.9. The maximum absolute atomic E-state index is 10.7. The van der Waals surface area contributed by atoms with Crippen LogP contribution in [-0.2, 0) is 0 Å². The number of hydrogen-bond acceptors (Lipinski definition) is 6. The minimum absolute atomic E-state index is 0.000988. The molecule has 1 aromatic carbocycles. The van der Waals surface area contributed by atoms with Gasteiger partial charge in [-0.2, -0.15) is 0 Å². The van der Waals surface area contributed by atoms with E-state index in [2.05, 4.69) is 15.4 Å². The number of anilines is 1. The van der Waals surface area contributed by atoms with Gasteiger partial charge in [0, 0.05) is 29.5 Å². The van der Waals surface area contributed by atoms with Gasteiger partial charge in [-0.1, -0.05) is 12.1 Å². The SMILES string of the molecule is Cc1cnc(-c2cccc([N+](=O)[O-])c2)nc1NN. The van der Waals surface area contributed by atoms with Crippen LogP contribution >= 0.6 is 0 Å². The predicted molar refractivity (Wildman–Crippen MR) is 66.7 cm³/mol. The molecule has 0 saturated carbocycles. The zero-order chi connectivity index (χ0) is 13.1. The second-order valence-electron chi connectivity index (χ2n) is 3.68. The summed E-state index contributed by atoms with van der Waals surface area (Å²) in [5.74, 6) is 6.21. The van der Waals surface area contributed by atoms with Gasteiger partial charge >= 0.3 is 0 Å². The number of nitrogen functional groups attached to an aromatic ring is 1. The molecule has 7 heteroatoms. The van der Waals surface area contributed by atoms with Gasteiger partial charge in [0.05, 0.1) is 4.92 Å². The third-order valence-corrected chi connectivity index (χ3v) is 2.42. The number of benzene rings is 1. The molecule has 3 N–H and O–H groups in total. The molecule has 0 aliphatic rings. The molecule has 0 unspecified atom stereocenters. The molecule has 92 valence electrons. The largest absolute Gasteiger partial charge is 0.308 e. The van der Waals surface area contributed by atoms with E-state index in [-0.39, 0.29) is 5.69 Å². The average molecular weight is 245 g/mol. The fourth-order valence-electron chi connectivity index (χ4n) is 1.49. The summed E-state index contributed by atoms with van der Waals surface area (Å²) in [6, 6.07) is 6.13. The monoisotopic (exact) mass is 245 g/mol. The van der Waals surface area contributed by atoms with Crippen LogP contribution in [0.2, 0.25) is 0 Å². The summed E-state index contributed by atoms with van der Waals surface area (Å²) in [6.07, 6.45) is 1.61. The number of nitro benzene ring substituents is 1. The minimum atomic E-state index is -0.459. The number of aryl methyl sites for hydroxylation is 1. The van der Waals surface area contributed by atoms with Gasteiger partial charge < -0.3 is 5.43 Å². The van der Waals surface area contributed by atoms with E-state index in [0.29, 0.717) is 17.2 Å². The van der Waals surface area contributed by atoms with E-state index in [0.717, 1.165) is 5.56 Å². The van der Waals surface area contributed by atoms with Gasteiger partial charge in [0.25, 0.3) is 5.69 Å². The minimum Gasteiger partial charge on any atom is -0.308 e. The van der Waals surface area contributed by atoms with E-state index >= 15 is 0 Å². The molecule has 1 aromatic heterocycles. The van der Waals surface area contributed by atoms with Crippen LogP contribution in [0.1, 0.15) is 5.56 Å². The molecule has 7 nitrogen and oxygen atoms in total. The second-order valence-corrected chi connectivity index (χ2v) is 3.68. The quantitative estimate of drug-likeness (QED) is 0.483. The lowest BCUT2D eigenvalue weighted by Crippen LogP contribution is -2.11. The van der Waals surface area contributed by atoms with Gasteiger partial charge in [-0.25, -0.2) is 15.8 Å². The Morgan fingerprint density at radius 2 is 2.22 bits per heavy atom. The Morgan fingerprint density at radius 1 is 1.44 bits per heavy atom. The summed E-state index contributed by atoms with van der Waals surface area (Å²) in [5.41, 5.74) is 3.82. The number of nitro groups is 1. The molecule has 0 radical (unpaired) electrons. The van der Waals surface area contributed by atoms with Gasteiger partial charge in [0.1, 0.15) is 5.82 Å². The van der Waals surface area contributed by atoms with Crippen LogP contribution in [0.4, 0.5) is 11.5 Å². The number of nitrogens with two attached hydrogens (primary N) is 1.